The van der Waals surface area contributed by atoms with E-state index in [9.17, 15) is 9.59 Å². The first-order valence-corrected chi connectivity index (χ1v) is 6.90. The molecule has 0 spiro atoms. The average molecular weight is 288 g/mol. The number of carboxylic acids is 1. The molecular weight excluding hydrogens is 274 g/mol. The zero-order chi connectivity index (χ0) is 13.3. The first-order chi connectivity index (χ1) is 8.44. The van der Waals surface area contributed by atoms with E-state index in [1.807, 2.05) is 6.07 Å². The van der Waals surface area contributed by atoms with E-state index in [1.54, 1.807) is 13.0 Å². The fourth-order valence-corrected chi connectivity index (χ4v) is 2.83. The zero-order valence-corrected chi connectivity index (χ0v) is 11.5. The van der Waals surface area contributed by atoms with Crippen LogP contribution in [0.15, 0.2) is 12.1 Å². The molecule has 1 aliphatic carbocycles. The van der Waals surface area contributed by atoms with Crippen LogP contribution in [0.25, 0.3) is 0 Å². The van der Waals surface area contributed by atoms with Gasteiger partial charge in [0.25, 0.3) is 0 Å². The summed E-state index contributed by atoms with van der Waals surface area (Å²) in [5.74, 6) is -1.28. The van der Waals surface area contributed by atoms with E-state index in [2.05, 4.69) is 5.32 Å². The summed E-state index contributed by atoms with van der Waals surface area (Å²) in [7, 11) is 0. The number of thiophene rings is 1. The third-order valence-electron chi connectivity index (χ3n) is 3.32. The Hall–Kier alpha value is -1.07. The molecule has 18 heavy (non-hydrogen) atoms. The van der Waals surface area contributed by atoms with Crippen molar-refractivity contribution >= 4 is 34.8 Å². The van der Waals surface area contributed by atoms with Crippen LogP contribution in [-0.4, -0.2) is 23.5 Å². The van der Waals surface area contributed by atoms with E-state index >= 15 is 0 Å². The number of carboxylic acid groups (broad SMARTS) is 1. The molecule has 1 aromatic heterocycles. The molecule has 1 unspecified atom stereocenters. The Morgan fingerprint density at radius 1 is 1.56 bits per heavy atom. The molecule has 2 rings (SSSR count). The molecule has 1 amide bonds. The standard InChI is InChI=1S/C12H14ClNO3S/c1-7(8-2-3-9(13)18-8)10(15)14-6-12(4-5-12)11(16)17/h2-3,7H,4-6H2,1H3,(H,14,15)(H,16,17). The highest BCUT2D eigenvalue weighted by Gasteiger charge is 2.50. The van der Waals surface area contributed by atoms with Crippen molar-refractivity contribution in [1.82, 2.24) is 5.32 Å². The minimum atomic E-state index is -0.824. The number of aliphatic carboxylic acids is 1. The number of carbonyl (C=O) groups excluding carboxylic acids is 1. The summed E-state index contributed by atoms with van der Waals surface area (Å²) in [6.07, 6.45) is 1.28. The van der Waals surface area contributed by atoms with Crippen molar-refractivity contribution in [2.24, 2.45) is 5.41 Å². The Kier molecular flexibility index (Phi) is 3.64. The van der Waals surface area contributed by atoms with E-state index in [0.29, 0.717) is 17.2 Å². The Balaban J connectivity index is 1.90. The maximum Gasteiger partial charge on any atom is 0.311 e. The lowest BCUT2D eigenvalue weighted by atomic mass is 10.1. The molecule has 4 nitrogen and oxygen atoms in total. The summed E-state index contributed by atoms with van der Waals surface area (Å²) in [4.78, 5) is 23.8. The van der Waals surface area contributed by atoms with E-state index in [0.717, 1.165) is 4.88 Å². The number of hydrogen-bond acceptors (Lipinski definition) is 3. The lowest BCUT2D eigenvalue weighted by Gasteiger charge is -2.14. The molecule has 6 heteroatoms. The van der Waals surface area contributed by atoms with Gasteiger partial charge in [-0.3, -0.25) is 9.59 Å². The van der Waals surface area contributed by atoms with Crippen LogP contribution < -0.4 is 5.32 Å². The largest absolute Gasteiger partial charge is 0.481 e. The van der Waals surface area contributed by atoms with Crippen molar-refractivity contribution in [2.75, 3.05) is 6.54 Å². The molecule has 0 aromatic carbocycles. The van der Waals surface area contributed by atoms with Crippen LogP contribution in [0.1, 0.15) is 30.6 Å². The molecule has 1 atom stereocenters. The summed E-state index contributed by atoms with van der Waals surface area (Å²) < 4.78 is 0.647. The zero-order valence-electron chi connectivity index (χ0n) is 9.90. The maximum atomic E-state index is 11.9. The fraction of sp³-hybridized carbons (Fsp3) is 0.500. The van der Waals surface area contributed by atoms with Gasteiger partial charge in [0.1, 0.15) is 0 Å². The molecule has 0 radical (unpaired) electrons. The van der Waals surface area contributed by atoms with Crippen LogP contribution in [0.2, 0.25) is 4.34 Å². The van der Waals surface area contributed by atoms with Gasteiger partial charge in [0, 0.05) is 11.4 Å². The van der Waals surface area contributed by atoms with Crippen molar-refractivity contribution in [3.05, 3.63) is 21.3 Å². The van der Waals surface area contributed by atoms with E-state index in [4.69, 9.17) is 16.7 Å². The van der Waals surface area contributed by atoms with Gasteiger partial charge in [-0.05, 0) is 31.9 Å². The van der Waals surface area contributed by atoms with Crippen molar-refractivity contribution in [2.45, 2.75) is 25.7 Å². The molecule has 1 aromatic rings. The van der Waals surface area contributed by atoms with Crippen molar-refractivity contribution in [3.8, 4) is 0 Å². The van der Waals surface area contributed by atoms with Gasteiger partial charge in [0.15, 0.2) is 0 Å². The monoisotopic (exact) mass is 287 g/mol. The van der Waals surface area contributed by atoms with Crippen LogP contribution >= 0.6 is 22.9 Å². The van der Waals surface area contributed by atoms with Crippen LogP contribution in [0.4, 0.5) is 0 Å². The third kappa shape index (κ3) is 2.67. The van der Waals surface area contributed by atoms with Gasteiger partial charge in [-0.15, -0.1) is 11.3 Å². The molecule has 98 valence electrons. The van der Waals surface area contributed by atoms with Gasteiger partial charge in [-0.2, -0.15) is 0 Å². The van der Waals surface area contributed by atoms with Crippen LogP contribution in [0.3, 0.4) is 0 Å². The molecule has 1 heterocycles. The van der Waals surface area contributed by atoms with Crippen molar-refractivity contribution < 1.29 is 14.7 Å². The second-order valence-corrected chi connectivity index (χ2v) is 6.41. The van der Waals surface area contributed by atoms with Crippen LogP contribution in [0.5, 0.6) is 0 Å². The lowest BCUT2D eigenvalue weighted by Crippen LogP contribution is -2.36. The minimum absolute atomic E-state index is 0.152. The number of carbonyl (C=O) groups is 2. The van der Waals surface area contributed by atoms with Crippen LogP contribution in [0, 0.1) is 5.41 Å². The van der Waals surface area contributed by atoms with Crippen molar-refractivity contribution in [3.63, 3.8) is 0 Å². The summed E-state index contributed by atoms with van der Waals surface area (Å²) in [5.41, 5.74) is -0.720. The average Bonchev–Trinajstić information content (AvgIpc) is 3.01. The SMILES string of the molecule is CC(C(=O)NCC1(C(=O)O)CC1)c1ccc(Cl)s1. The number of hydrogen-bond donors (Lipinski definition) is 2. The number of nitrogens with one attached hydrogen (secondary N) is 1. The predicted octanol–water partition coefficient (Wildman–Crippen LogP) is 2.49. The van der Waals surface area contributed by atoms with Gasteiger partial charge in [-0.25, -0.2) is 0 Å². The Morgan fingerprint density at radius 3 is 2.67 bits per heavy atom. The molecule has 0 bridgehead atoms. The minimum Gasteiger partial charge on any atom is -0.481 e. The molecule has 1 saturated carbocycles. The summed E-state index contributed by atoms with van der Waals surface area (Å²) >= 11 is 7.19. The number of amides is 1. The lowest BCUT2D eigenvalue weighted by molar-refractivity contribution is -0.143. The topological polar surface area (TPSA) is 66.4 Å². The van der Waals surface area contributed by atoms with Gasteiger partial charge >= 0.3 is 5.97 Å². The Bertz CT molecular complexity index is 481. The van der Waals surface area contributed by atoms with E-state index in [-0.39, 0.29) is 18.4 Å². The van der Waals surface area contributed by atoms with E-state index < -0.39 is 11.4 Å². The maximum absolute atomic E-state index is 11.9. The smallest absolute Gasteiger partial charge is 0.311 e. The second kappa shape index (κ2) is 4.90. The third-order valence-corrected chi connectivity index (χ3v) is 4.74. The highest BCUT2D eigenvalue weighted by molar-refractivity contribution is 7.16. The van der Waals surface area contributed by atoms with Crippen molar-refractivity contribution in [1.29, 1.82) is 0 Å². The first-order valence-electron chi connectivity index (χ1n) is 5.71. The first kappa shape index (κ1) is 13.4. The Labute approximate surface area is 114 Å². The predicted molar refractivity (Wildman–Crippen MR) is 70.1 cm³/mol. The number of halogens is 1. The summed E-state index contributed by atoms with van der Waals surface area (Å²) in [6.45, 7) is 2.00. The van der Waals surface area contributed by atoms with Gasteiger partial charge < -0.3 is 10.4 Å². The number of rotatable bonds is 5. The quantitative estimate of drug-likeness (QED) is 0.874. The highest BCUT2D eigenvalue weighted by atomic mass is 35.5. The van der Waals surface area contributed by atoms with E-state index in [1.165, 1.54) is 11.3 Å². The normalized spacial score (nSPS) is 18.1. The molecular formula is C12H14ClNO3S. The Morgan fingerprint density at radius 2 is 2.22 bits per heavy atom. The molecule has 2 N–H and O–H groups in total. The highest BCUT2D eigenvalue weighted by Crippen LogP contribution is 2.45. The van der Waals surface area contributed by atoms with Gasteiger partial charge in [0.2, 0.25) is 5.91 Å². The molecule has 1 fully saturated rings. The molecule has 0 aliphatic heterocycles. The van der Waals surface area contributed by atoms with Gasteiger partial charge in [-0.1, -0.05) is 11.6 Å². The van der Waals surface area contributed by atoms with Crippen LogP contribution in [-0.2, 0) is 9.59 Å². The fourth-order valence-electron chi connectivity index (χ4n) is 1.72. The van der Waals surface area contributed by atoms with Gasteiger partial charge in [0.05, 0.1) is 15.7 Å². The molecule has 1 aliphatic rings. The summed E-state index contributed by atoms with van der Waals surface area (Å²) in [5, 5.41) is 11.7. The summed E-state index contributed by atoms with van der Waals surface area (Å²) in [6, 6.07) is 3.58. The molecule has 0 saturated heterocycles. The second-order valence-electron chi connectivity index (χ2n) is 4.67.